The lowest BCUT2D eigenvalue weighted by atomic mass is 10.1. The summed E-state index contributed by atoms with van der Waals surface area (Å²) >= 11 is 5.81. The maximum atomic E-state index is 12.5. The highest BCUT2D eigenvalue weighted by Crippen LogP contribution is 2.29. The molecule has 2 aromatic rings. The Morgan fingerprint density at radius 1 is 1.12 bits per heavy atom. The Hall–Kier alpha value is -2.54. The summed E-state index contributed by atoms with van der Waals surface area (Å²) in [6.07, 6.45) is -4.44. The number of benzene rings is 2. The second kappa shape index (κ2) is 7.57. The molecular weight excluding hydrogens is 359 g/mol. The fourth-order valence-electron chi connectivity index (χ4n) is 1.99. The molecule has 132 valence electrons. The van der Waals surface area contributed by atoms with Crippen LogP contribution in [0.15, 0.2) is 42.5 Å². The molecule has 0 bridgehead atoms. The summed E-state index contributed by atoms with van der Waals surface area (Å²) in [4.78, 5) is 23.4. The molecule has 2 rings (SSSR count). The molecule has 1 N–H and O–H groups in total. The van der Waals surface area contributed by atoms with Crippen molar-refractivity contribution in [1.82, 2.24) is 0 Å². The van der Waals surface area contributed by atoms with Crippen LogP contribution in [-0.4, -0.2) is 18.3 Å². The third kappa shape index (κ3) is 5.22. The van der Waals surface area contributed by atoms with Gasteiger partial charge >= 0.3 is 6.18 Å². The number of amides is 1. The highest BCUT2D eigenvalue weighted by Gasteiger charge is 2.29. The molecule has 0 heterocycles. The van der Waals surface area contributed by atoms with Crippen LogP contribution in [0.1, 0.15) is 22.8 Å². The summed E-state index contributed by atoms with van der Waals surface area (Å²) in [5.74, 6) is -0.663. The van der Waals surface area contributed by atoms with Crippen molar-refractivity contribution in [3.05, 3.63) is 58.6 Å². The number of carbonyl (C=O) groups excluding carboxylic acids is 2. The Morgan fingerprint density at radius 3 is 2.32 bits per heavy atom. The van der Waals surface area contributed by atoms with E-state index in [9.17, 15) is 22.8 Å². The van der Waals surface area contributed by atoms with Crippen LogP contribution in [0, 0.1) is 0 Å². The third-order valence-corrected chi connectivity index (χ3v) is 3.41. The highest BCUT2D eigenvalue weighted by atomic mass is 35.5. The quantitative estimate of drug-likeness (QED) is 0.783. The molecule has 0 aromatic heterocycles. The SMILES string of the molecule is CC(=O)c1cc(Cl)ccc1OCC(=O)Nc1ccc(C(F)(F)F)cc1. The number of Topliss-reactive ketones (excluding diaryl/α,β-unsaturated/α-hetero) is 1. The van der Waals surface area contributed by atoms with Gasteiger partial charge in [0.1, 0.15) is 5.75 Å². The number of rotatable bonds is 5. The zero-order chi connectivity index (χ0) is 18.6. The summed E-state index contributed by atoms with van der Waals surface area (Å²) in [6.45, 7) is 0.920. The minimum Gasteiger partial charge on any atom is -0.483 e. The molecule has 0 spiro atoms. The largest absolute Gasteiger partial charge is 0.483 e. The molecule has 0 fully saturated rings. The van der Waals surface area contributed by atoms with Gasteiger partial charge in [-0.15, -0.1) is 0 Å². The molecule has 2 aromatic carbocycles. The Morgan fingerprint density at radius 2 is 1.76 bits per heavy atom. The van der Waals surface area contributed by atoms with Crippen molar-refractivity contribution in [3.63, 3.8) is 0 Å². The van der Waals surface area contributed by atoms with Gasteiger partial charge in [0.25, 0.3) is 5.91 Å². The van der Waals surface area contributed by atoms with Crippen LogP contribution in [0.3, 0.4) is 0 Å². The van der Waals surface area contributed by atoms with Crippen LogP contribution in [-0.2, 0) is 11.0 Å². The minimum absolute atomic E-state index is 0.194. The number of anilines is 1. The Labute approximate surface area is 146 Å². The number of hydrogen-bond acceptors (Lipinski definition) is 3. The van der Waals surface area contributed by atoms with Crippen LogP contribution in [0.2, 0.25) is 5.02 Å². The van der Waals surface area contributed by atoms with E-state index in [1.54, 1.807) is 0 Å². The van der Waals surface area contributed by atoms with Crippen molar-refractivity contribution >= 4 is 29.0 Å². The summed E-state index contributed by atoms with van der Waals surface area (Å²) in [7, 11) is 0. The number of nitrogens with one attached hydrogen (secondary N) is 1. The van der Waals surface area contributed by atoms with Crippen molar-refractivity contribution in [1.29, 1.82) is 0 Å². The topological polar surface area (TPSA) is 55.4 Å². The zero-order valence-corrected chi connectivity index (χ0v) is 13.7. The van der Waals surface area contributed by atoms with E-state index in [4.69, 9.17) is 16.3 Å². The Balaban J connectivity index is 1.99. The summed E-state index contributed by atoms with van der Waals surface area (Å²) < 4.78 is 42.7. The second-order valence-corrected chi connectivity index (χ2v) is 5.55. The fraction of sp³-hybridized carbons (Fsp3) is 0.176. The molecule has 4 nitrogen and oxygen atoms in total. The molecule has 0 unspecified atom stereocenters. The zero-order valence-electron chi connectivity index (χ0n) is 13.0. The van der Waals surface area contributed by atoms with E-state index in [0.29, 0.717) is 5.02 Å². The van der Waals surface area contributed by atoms with Gasteiger partial charge in [0.15, 0.2) is 12.4 Å². The van der Waals surface area contributed by atoms with E-state index in [2.05, 4.69) is 5.32 Å². The first-order chi connectivity index (χ1) is 11.7. The molecular formula is C17H13ClF3NO3. The Kier molecular flexibility index (Phi) is 5.69. The minimum atomic E-state index is -4.44. The van der Waals surface area contributed by atoms with Crippen LogP contribution in [0.5, 0.6) is 5.75 Å². The molecule has 0 saturated carbocycles. The van der Waals surface area contributed by atoms with Crippen molar-refractivity contribution < 1.29 is 27.5 Å². The summed E-state index contributed by atoms with van der Waals surface area (Å²) in [5, 5.41) is 2.76. The van der Waals surface area contributed by atoms with Crippen LogP contribution in [0.25, 0.3) is 0 Å². The van der Waals surface area contributed by atoms with Gasteiger partial charge in [-0.25, -0.2) is 0 Å². The number of hydrogen-bond donors (Lipinski definition) is 1. The molecule has 0 atom stereocenters. The van der Waals surface area contributed by atoms with Crippen molar-refractivity contribution in [2.45, 2.75) is 13.1 Å². The number of ether oxygens (including phenoxy) is 1. The molecule has 0 saturated heterocycles. The molecule has 0 aliphatic carbocycles. The maximum Gasteiger partial charge on any atom is 0.416 e. The van der Waals surface area contributed by atoms with Gasteiger partial charge in [0, 0.05) is 10.7 Å². The first-order valence-corrected chi connectivity index (χ1v) is 7.45. The summed E-state index contributed by atoms with van der Waals surface area (Å²) in [5.41, 5.74) is -0.381. The van der Waals surface area contributed by atoms with Gasteiger partial charge in [0.2, 0.25) is 0 Å². The molecule has 8 heteroatoms. The predicted octanol–water partition coefficient (Wildman–Crippen LogP) is 4.58. The first kappa shape index (κ1) is 18.8. The normalized spacial score (nSPS) is 11.1. The maximum absolute atomic E-state index is 12.5. The summed E-state index contributed by atoms with van der Waals surface area (Å²) in [6, 6.07) is 8.41. The highest BCUT2D eigenvalue weighted by molar-refractivity contribution is 6.31. The molecule has 25 heavy (non-hydrogen) atoms. The lowest BCUT2D eigenvalue weighted by Crippen LogP contribution is -2.20. The van der Waals surface area contributed by atoms with Gasteiger partial charge in [-0.3, -0.25) is 9.59 Å². The van der Waals surface area contributed by atoms with Gasteiger partial charge < -0.3 is 10.1 Å². The Bertz CT molecular complexity index is 789. The smallest absolute Gasteiger partial charge is 0.416 e. The van der Waals surface area contributed by atoms with Crippen molar-refractivity contribution in [2.24, 2.45) is 0 Å². The van der Waals surface area contributed by atoms with E-state index in [0.717, 1.165) is 24.3 Å². The lowest BCUT2D eigenvalue weighted by Gasteiger charge is -2.11. The van der Waals surface area contributed by atoms with E-state index >= 15 is 0 Å². The third-order valence-electron chi connectivity index (χ3n) is 3.18. The average molecular weight is 372 g/mol. The monoisotopic (exact) mass is 371 g/mol. The van der Waals surface area contributed by atoms with E-state index in [1.165, 1.54) is 25.1 Å². The van der Waals surface area contributed by atoms with Crippen LogP contribution < -0.4 is 10.1 Å². The van der Waals surface area contributed by atoms with E-state index in [1.807, 2.05) is 0 Å². The number of halogens is 4. The van der Waals surface area contributed by atoms with Crippen LogP contribution in [0.4, 0.5) is 18.9 Å². The predicted molar refractivity (Wildman–Crippen MR) is 87.0 cm³/mol. The molecule has 0 aliphatic heterocycles. The first-order valence-electron chi connectivity index (χ1n) is 7.07. The van der Waals surface area contributed by atoms with Gasteiger partial charge in [-0.2, -0.15) is 13.2 Å². The second-order valence-electron chi connectivity index (χ2n) is 5.11. The van der Waals surface area contributed by atoms with Crippen molar-refractivity contribution in [3.8, 4) is 5.75 Å². The lowest BCUT2D eigenvalue weighted by molar-refractivity contribution is -0.137. The van der Waals surface area contributed by atoms with E-state index < -0.39 is 24.3 Å². The van der Waals surface area contributed by atoms with Gasteiger partial charge in [-0.05, 0) is 49.4 Å². The van der Waals surface area contributed by atoms with Crippen molar-refractivity contribution in [2.75, 3.05) is 11.9 Å². The van der Waals surface area contributed by atoms with E-state index in [-0.39, 0.29) is 22.8 Å². The number of ketones is 1. The fourth-order valence-corrected chi connectivity index (χ4v) is 2.16. The average Bonchev–Trinajstić information content (AvgIpc) is 2.53. The van der Waals surface area contributed by atoms with Gasteiger partial charge in [-0.1, -0.05) is 11.6 Å². The molecule has 1 amide bonds. The molecule has 0 radical (unpaired) electrons. The number of carbonyl (C=O) groups is 2. The van der Waals surface area contributed by atoms with Gasteiger partial charge in [0.05, 0.1) is 11.1 Å². The molecule has 0 aliphatic rings. The standard InChI is InChI=1S/C17H13ClF3NO3/c1-10(23)14-8-12(18)4-7-15(14)25-9-16(24)22-13-5-2-11(3-6-13)17(19,20)21/h2-8H,9H2,1H3,(H,22,24). The number of alkyl halides is 3. The van der Waals surface area contributed by atoms with Crippen LogP contribution >= 0.6 is 11.6 Å².